The summed E-state index contributed by atoms with van der Waals surface area (Å²) in [5.74, 6) is -2.26. The molecule has 100 valence electrons. The molecule has 0 bridgehead atoms. The van der Waals surface area contributed by atoms with Crippen LogP contribution in [0.5, 0.6) is 0 Å². The number of nitriles is 1. The summed E-state index contributed by atoms with van der Waals surface area (Å²) in [4.78, 5) is 12.2. The van der Waals surface area contributed by atoms with Gasteiger partial charge in [0.15, 0.2) is 5.78 Å². The Morgan fingerprint density at radius 3 is 2.95 bits per heavy atom. The summed E-state index contributed by atoms with van der Waals surface area (Å²) < 4.78 is 19.2. The molecule has 0 spiro atoms. The van der Waals surface area contributed by atoms with Crippen molar-refractivity contribution in [3.63, 3.8) is 0 Å². The van der Waals surface area contributed by atoms with Gasteiger partial charge in [-0.1, -0.05) is 23.7 Å². The number of halogens is 2. The van der Waals surface area contributed by atoms with Gasteiger partial charge in [-0.25, -0.2) is 4.39 Å². The largest absolute Gasteiger partial charge is 0.370 e. The number of ketones is 1. The van der Waals surface area contributed by atoms with Crippen molar-refractivity contribution < 1.29 is 13.9 Å². The average molecular weight is 282 g/mol. The molecule has 0 N–H and O–H groups in total. The normalized spacial score (nSPS) is 20.6. The minimum absolute atomic E-state index is 0.0224. The van der Waals surface area contributed by atoms with Crippen LogP contribution in [0.3, 0.4) is 0 Å². The summed E-state index contributed by atoms with van der Waals surface area (Å²) in [6.07, 6.45) is 1.76. The predicted molar refractivity (Wildman–Crippen MR) is 68.4 cm³/mol. The molecule has 0 amide bonds. The number of carbonyl (C=O) groups is 1. The van der Waals surface area contributed by atoms with E-state index in [0.717, 1.165) is 12.8 Å². The molecule has 3 nitrogen and oxygen atoms in total. The van der Waals surface area contributed by atoms with E-state index in [-0.39, 0.29) is 16.4 Å². The molecular weight excluding hydrogens is 269 g/mol. The monoisotopic (exact) mass is 281 g/mol. The van der Waals surface area contributed by atoms with E-state index < -0.39 is 17.8 Å². The van der Waals surface area contributed by atoms with Gasteiger partial charge in [-0.05, 0) is 25.3 Å². The topological polar surface area (TPSA) is 50.1 Å². The number of carbonyl (C=O) groups excluding carboxylic acids is 1. The molecule has 1 aromatic rings. The first-order valence-corrected chi connectivity index (χ1v) is 6.52. The summed E-state index contributed by atoms with van der Waals surface area (Å²) in [5.41, 5.74) is 0.0224. The second kappa shape index (κ2) is 6.14. The van der Waals surface area contributed by atoms with Crippen LogP contribution in [0.15, 0.2) is 18.2 Å². The summed E-state index contributed by atoms with van der Waals surface area (Å²) in [6, 6.07) is 6.18. The Morgan fingerprint density at radius 1 is 1.53 bits per heavy atom. The van der Waals surface area contributed by atoms with Gasteiger partial charge in [0, 0.05) is 12.2 Å². The molecule has 1 heterocycles. The van der Waals surface area contributed by atoms with Gasteiger partial charge in [-0.3, -0.25) is 4.79 Å². The van der Waals surface area contributed by atoms with Crippen LogP contribution < -0.4 is 0 Å². The Hall–Kier alpha value is -1.44. The maximum Gasteiger partial charge on any atom is 0.183 e. The van der Waals surface area contributed by atoms with Gasteiger partial charge in [0.1, 0.15) is 17.8 Å². The standard InChI is InChI=1S/C14H13ClFNO2/c15-11-5-3-4-9(13(11)16)10(8-17)14(18)12-6-1-2-7-19-12/h3-5,10,12H,1-2,6-7H2. The maximum atomic E-state index is 13.9. The molecule has 1 aromatic carbocycles. The first-order valence-electron chi connectivity index (χ1n) is 6.14. The van der Waals surface area contributed by atoms with Gasteiger partial charge in [0.2, 0.25) is 0 Å². The van der Waals surface area contributed by atoms with Gasteiger partial charge in [0.25, 0.3) is 0 Å². The minimum Gasteiger partial charge on any atom is -0.370 e. The molecule has 1 saturated heterocycles. The van der Waals surface area contributed by atoms with Crippen molar-refractivity contribution in [2.45, 2.75) is 31.3 Å². The summed E-state index contributed by atoms with van der Waals surface area (Å²) >= 11 is 5.68. The molecule has 1 aliphatic rings. The number of hydrogen-bond acceptors (Lipinski definition) is 3. The second-order valence-electron chi connectivity index (χ2n) is 4.46. The molecular formula is C14H13ClFNO2. The molecule has 2 unspecified atom stereocenters. The van der Waals surface area contributed by atoms with Crippen LogP contribution in [0.25, 0.3) is 0 Å². The van der Waals surface area contributed by atoms with Crippen LogP contribution in [0.4, 0.5) is 4.39 Å². The fourth-order valence-electron chi connectivity index (χ4n) is 2.18. The second-order valence-corrected chi connectivity index (χ2v) is 4.87. The Morgan fingerprint density at radius 2 is 2.32 bits per heavy atom. The molecule has 0 aromatic heterocycles. The zero-order valence-electron chi connectivity index (χ0n) is 10.2. The molecule has 5 heteroatoms. The molecule has 0 radical (unpaired) electrons. The van der Waals surface area contributed by atoms with Crippen molar-refractivity contribution in [1.29, 1.82) is 5.26 Å². The fourth-order valence-corrected chi connectivity index (χ4v) is 2.36. The minimum atomic E-state index is -1.17. The van der Waals surface area contributed by atoms with E-state index in [4.69, 9.17) is 21.6 Å². The lowest BCUT2D eigenvalue weighted by molar-refractivity contribution is -0.133. The third kappa shape index (κ3) is 2.94. The zero-order chi connectivity index (χ0) is 13.8. The van der Waals surface area contributed by atoms with Crippen molar-refractivity contribution >= 4 is 17.4 Å². The van der Waals surface area contributed by atoms with Gasteiger partial charge < -0.3 is 4.74 Å². The molecule has 0 saturated carbocycles. The summed E-state index contributed by atoms with van der Waals surface area (Å²) in [7, 11) is 0. The lowest BCUT2D eigenvalue weighted by Crippen LogP contribution is -2.32. The van der Waals surface area contributed by atoms with Gasteiger partial charge >= 0.3 is 0 Å². The number of Topliss-reactive ketones (excluding diaryl/α,β-unsaturated/α-hetero) is 1. The third-order valence-electron chi connectivity index (χ3n) is 3.20. The highest BCUT2D eigenvalue weighted by Crippen LogP contribution is 2.28. The van der Waals surface area contributed by atoms with E-state index in [1.807, 2.05) is 6.07 Å². The smallest absolute Gasteiger partial charge is 0.183 e. The van der Waals surface area contributed by atoms with Gasteiger partial charge in [-0.15, -0.1) is 0 Å². The quantitative estimate of drug-likeness (QED) is 0.855. The Labute approximate surface area is 115 Å². The summed E-state index contributed by atoms with van der Waals surface area (Å²) in [6.45, 7) is 0.507. The third-order valence-corrected chi connectivity index (χ3v) is 3.50. The fraction of sp³-hybridized carbons (Fsp3) is 0.429. The highest BCUT2D eigenvalue weighted by Gasteiger charge is 2.32. The zero-order valence-corrected chi connectivity index (χ0v) is 11.0. The Kier molecular flexibility index (Phi) is 4.52. The number of nitrogens with zero attached hydrogens (tertiary/aromatic N) is 1. The van der Waals surface area contributed by atoms with Crippen molar-refractivity contribution in [1.82, 2.24) is 0 Å². The predicted octanol–water partition coefficient (Wildman–Crippen LogP) is 3.22. The lowest BCUT2D eigenvalue weighted by atomic mass is 9.90. The van der Waals surface area contributed by atoms with E-state index in [1.54, 1.807) is 0 Å². The van der Waals surface area contributed by atoms with Crippen LogP contribution in [0.1, 0.15) is 30.7 Å². The molecule has 19 heavy (non-hydrogen) atoms. The number of hydrogen-bond donors (Lipinski definition) is 0. The lowest BCUT2D eigenvalue weighted by Gasteiger charge is -2.23. The van der Waals surface area contributed by atoms with E-state index in [9.17, 15) is 9.18 Å². The van der Waals surface area contributed by atoms with Crippen molar-refractivity contribution in [2.24, 2.45) is 0 Å². The number of benzene rings is 1. The molecule has 2 atom stereocenters. The first kappa shape index (κ1) is 14.0. The van der Waals surface area contributed by atoms with E-state index in [0.29, 0.717) is 13.0 Å². The van der Waals surface area contributed by atoms with Crippen LogP contribution >= 0.6 is 11.6 Å². The van der Waals surface area contributed by atoms with Gasteiger partial charge in [-0.2, -0.15) is 5.26 Å². The SMILES string of the molecule is N#CC(C(=O)C1CCCCO1)c1cccc(Cl)c1F. The van der Waals surface area contributed by atoms with E-state index >= 15 is 0 Å². The molecule has 1 aliphatic heterocycles. The number of rotatable bonds is 3. The first-order chi connectivity index (χ1) is 9.15. The Balaban J connectivity index is 2.27. The van der Waals surface area contributed by atoms with E-state index in [2.05, 4.69) is 0 Å². The van der Waals surface area contributed by atoms with Crippen molar-refractivity contribution in [2.75, 3.05) is 6.61 Å². The van der Waals surface area contributed by atoms with Gasteiger partial charge in [0.05, 0.1) is 11.1 Å². The van der Waals surface area contributed by atoms with Crippen molar-refractivity contribution in [3.05, 3.63) is 34.6 Å². The maximum absolute atomic E-state index is 13.9. The summed E-state index contributed by atoms with van der Waals surface area (Å²) in [5, 5.41) is 9.07. The average Bonchev–Trinajstić information content (AvgIpc) is 2.45. The number of ether oxygens (including phenoxy) is 1. The highest BCUT2D eigenvalue weighted by molar-refractivity contribution is 6.30. The van der Waals surface area contributed by atoms with E-state index in [1.165, 1.54) is 18.2 Å². The molecule has 2 rings (SSSR count). The van der Waals surface area contributed by atoms with Crippen LogP contribution in [0.2, 0.25) is 5.02 Å². The molecule has 1 fully saturated rings. The highest BCUT2D eigenvalue weighted by atomic mass is 35.5. The molecule has 0 aliphatic carbocycles. The van der Waals surface area contributed by atoms with Crippen LogP contribution in [-0.4, -0.2) is 18.5 Å². The Bertz CT molecular complexity index is 521. The van der Waals surface area contributed by atoms with Crippen LogP contribution in [-0.2, 0) is 9.53 Å². The van der Waals surface area contributed by atoms with Crippen molar-refractivity contribution in [3.8, 4) is 6.07 Å². The van der Waals surface area contributed by atoms with Crippen LogP contribution in [0, 0.1) is 17.1 Å².